The van der Waals surface area contributed by atoms with Crippen LogP contribution in [0.5, 0.6) is 17.2 Å². The Labute approximate surface area is 270 Å². The van der Waals surface area contributed by atoms with Crippen LogP contribution in [0.4, 0.5) is 27.6 Å². The fraction of sp³-hybridized carbons (Fsp3) is 0.353. The van der Waals surface area contributed by atoms with Crippen LogP contribution >= 0.6 is 11.8 Å². The van der Waals surface area contributed by atoms with E-state index in [1.807, 2.05) is 26.1 Å². The molecule has 2 saturated heterocycles. The van der Waals surface area contributed by atoms with Crippen LogP contribution in [0.15, 0.2) is 89.7 Å². The second-order valence-electron chi connectivity index (χ2n) is 10.9. The maximum atomic E-state index is 13.7. The van der Waals surface area contributed by atoms with E-state index >= 15 is 0 Å². The van der Waals surface area contributed by atoms with Crippen molar-refractivity contribution in [3.8, 4) is 17.2 Å². The number of rotatable bonds is 10. The van der Waals surface area contributed by atoms with E-state index in [2.05, 4.69) is 27.0 Å². The number of hydrogen-bond donors (Lipinski definition) is 2. The van der Waals surface area contributed by atoms with Gasteiger partial charge >= 0.3 is 11.3 Å². The van der Waals surface area contributed by atoms with Crippen LogP contribution in [0.2, 0.25) is 0 Å². The molecule has 1 atom stereocenters. The summed E-state index contributed by atoms with van der Waals surface area (Å²) in [5.41, 5.74) is 0.318. The van der Waals surface area contributed by atoms with E-state index in [0.29, 0.717) is 12.5 Å². The number of para-hydroxylation sites is 2. The summed E-state index contributed by atoms with van der Waals surface area (Å²) in [6, 6.07) is 12.2. The van der Waals surface area contributed by atoms with Crippen LogP contribution in [-0.4, -0.2) is 76.1 Å². The molecule has 6 nitrogen and oxygen atoms in total. The average Bonchev–Trinajstić information content (AvgIpc) is 3.32. The molecule has 4 rings (SSSR count). The molecule has 1 unspecified atom stereocenters. The maximum absolute atomic E-state index is 13.7. The summed E-state index contributed by atoms with van der Waals surface area (Å²) in [6.45, 7) is 9.14. The van der Waals surface area contributed by atoms with Crippen LogP contribution in [0.3, 0.4) is 0 Å². The van der Waals surface area contributed by atoms with Gasteiger partial charge in [-0.15, -0.1) is 23.3 Å². The van der Waals surface area contributed by atoms with Crippen molar-refractivity contribution in [2.75, 3.05) is 44.7 Å². The summed E-state index contributed by atoms with van der Waals surface area (Å²) in [5, 5.41) is 22.2. The van der Waals surface area contributed by atoms with Gasteiger partial charge in [-0.25, -0.2) is 4.90 Å². The number of phenols is 2. The van der Waals surface area contributed by atoms with Crippen molar-refractivity contribution in [1.82, 2.24) is 4.90 Å². The Hall–Kier alpha value is -5.06. The van der Waals surface area contributed by atoms with E-state index in [-0.39, 0.29) is 34.5 Å². The first-order valence-corrected chi connectivity index (χ1v) is 15.7. The SMILES string of the molecule is C=C(/C=C(\C(=C/CC)COc1ccc(CC2SC(=[N+]3CCN(c4ccccc4O)CC3)N(C)/C2=C\C)cc1O)[C-](F)F)C(F)(F)F.[Cm]. The van der Waals surface area contributed by atoms with Crippen molar-refractivity contribution in [3.05, 3.63) is 102 Å². The molecular formula is C34H38CmF5N3O3S. The Bertz CT molecular complexity index is 1550. The van der Waals surface area contributed by atoms with Gasteiger partial charge in [0.05, 0.1) is 37.7 Å². The zero-order chi connectivity index (χ0) is 33.6. The molecule has 0 aromatic heterocycles. The molecule has 2 heterocycles. The van der Waals surface area contributed by atoms with Gasteiger partial charge in [0.2, 0.25) is 0 Å². The second kappa shape index (κ2) is 15.5. The van der Waals surface area contributed by atoms with Gasteiger partial charge in [0.15, 0.2) is 17.9 Å². The molecule has 0 bridgehead atoms. The number of allylic oxidation sites excluding steroid dienone is 4. The zero-order valence-electron chi connectivity index (χ0n) is 26.3. The van der Waals surface area contributed by atoms with Crippen molar-refractivity contribution in [3.63, 3.8) is 0 Å². The minimum Gasteiger partial charge on any atom is -0.506 e. The van der Waals surface area contributed by atoms with Crippen LogP contribution in [-0.2, 0) is 6.42 Å². The van der Waals surface area contributed by atoms with Crippen LogP contribution in [0.1, 0.15) is 25.8 Å². The molecule has 2 aromatic carbocycles. The number of hydrogen-bond acceptors (Lipinski definition) is 5. The molecule has 0 radical (unpaired) electrons. The average molecular weight is 911 g/mol. The Morgan fingerprint density at radius 2 is 1.81 bits per heavy atom. The van der Waals surface area contributed by atoms with Crippen molar-refractivity contribution < 1.29 is 41.5 Å². The van der Waals surface area contributed by atoms with E-state index in [1.165, 1.54) is 12.1 Å². The van der Waals surface area contributed by atoms with Gasteiger partial charge in [-0.1, -0.05) is 31.7 Å². The minimum atomic E-state index is -4.85. The number of phenolic OH excluding ortho intramolecular Hbond substituents is 2. The molecule has 13 heteroatoms. The molecule has 47 heavy (non-hydrogen) atoms. The largest absolute Gasteiger partial charge is 0.506 e. The fourth-order valence-electron chi connectivity index (χ4n) is 5.48. The Morgan fingerprint density at radius 1 is 1.13 bits per heavy atom. The predicted molar refractivity (Wildman–Crippen MR) is 173 cm³/mol. The molecule has 0 aliphatic carbocycles. The van der Waals surface area contributed by atoms with Gasteiger partial charge in [-0.05, 0) is 73.0 Å². The summed E-state index contributed by atoms with van der Waals surface area (Å²) >= 11 is 1.74. The smallest absolute Gasteiger partial charge is 0.404 e. The van der Waals surface area contributed by atoms with E-state index in [9.17, 15) is 32.2 Å². The maximum Gasteiger partial charge on any atom is 0.404 e. The van der Waals surface area contributed by atoms with Gasteiger partial charge in [0.1, 0.15) is 24.5 Å². The third-order valence-electron chi connectivity index (χ3n) is 7.83. The molecule has 2 aromatic rings. The number of amidine groups is 1. The summed E-state index contributed by atoms with van der Waals surface area (Å²) in [7, 11) is 2.04. The summed E-state index contributed by atoms with van der Waals surface area (Å²) in [5.74, 6) is 0.0907. The van der Waals surface area contributed by atoms with Crippen molar-refractivity contribution in [2.45, 2.75) is 38.1 Å². The quantitative estimate of drug-likeness (QED) is 0.111. The van der Waals surface area contributed by atoms with Crippen LogP contribution in [0.25, 0.3) is 0 Å². The normalized spacial score (nSPS) is 18.5. The zero-order valence-corrected chi connectivity index (χ0v) is 30.1. The third-order valence-corrected chi connectivity index (χ3v) is 9.27. The molecule has 2 N–H and O–H groups in total. The van der Waals surface area contributed by atoms with E-state index in [1.54, 1.807) is 43.0 Å². The van der Waals surface area contributed by atoms with Gasteiger partial charge in [-0.2, -0.15) is 13.2 Å². The molecule has 2 fully saturated rings. The second-order valence-corrected chi connectivity index (χ2v) is 12.1. The number of alkyl halides is 3. The summed E-state index contributed by atoms with van der Waals surface area (Å²) in [4.78, 5) is 4.36. The molecule has 2 aliphatic rings. The number of ether oxygens (including phenoxy) is 1. The number of aromatic hydroxyl groups is 2. The third kappa shape index (κ3) is 8.60. The fourth-order valence-corrected chi connectivity index (χ4v) is 7.02. The molecule has 0 saturated carbocycles. The number of thioether (sulfide) groups is 1. The molecule has 2 aliphatic heterocycles. The van der Waals surface area contributed by atoms with E-state index in [0.717, 1.165) is 48.3 Å². The molecule has 0 amide bonds. The minimum absolute atomic E-state index is 0. The first kappa shape index (κ1) is 36.4. The number of benzene rings is 2. The summed E-state index contributed by atoms with van der Waals surface area (Å²) in [6.07, 6.45) is -2.54. The van der Waals surface area contributed by atoms with Gasteiger partial charge in [0, 0.05) is 0 Å². The molecular weight excluding hydrogens is 872 g/mol. The van der Waals surface area contributed by atoms with Crippen LogP contribution in [0, 0.1) is 6.43 Å². The van der Waals surface area contributed by atoms with E-state index in [4.69, 9.17) is 4.74 Å². The molecule has 256 valence electrons. The van der Waals surface area contributed by atoms with Gasteiger partial charge in [0.25, 0.3) is 0 Å². The first-order valence-electron chi connectivity index (χ1n) is 14.9. The number of piperazine rings is 1. The van der Waals surface area contributed by atoms with Crippen molar-refractivity contribution >= 4 is 22.6 Å². The van der Waals surface area contributed by atoms with E-state index < -0.39 is 30.4 Å². The van der Waals surface area contributed by atoms with Crippen molar-refractivity contribution in [2.24, 2.45) is 0 Å². The van der Waals surface area contributed by atoms with Gasteiger partial charge in [-0.3, -0.25) is 13.4 Å². The monoisotopic (exact) mass is 906 g/mol. The Morgan fingerprint density at radius 3 is 2.38 bits per heavy atom. The standard InChI is InChI=1S/C34H38F5N3O3S.Cm/c1-5-9-24(25(32(35)36)18-22(3)34(37,38)39)21-45-30-13-12-23(19-29(30)44)20-31-26(6-2)40(4)33(46-31)42-16-14-41(15-17-42)27-10-7-8-11-28(27)43;/h6-13,18-19,31,43-44H,3,5,14-17,20-21H2,1-2,4H3;/b24-9-,25-18+,26-6-;. The Kier molecular flexibility index (Phi) is 12.0. The first-order chi connectivity index (χ1) is 21.8. The molecule has 0 spiro atoms. The topological polar surface area (TPSA) is 59.2 Å². The van der Waals surface area contributed by atoms with Crippen molar-refractivity contribution in [1.29, 1.82) is 0 Å². The predicted octanol–water partition coefficient (Wildman–Crippen LogP) is 7.67. The Balaban J connectivity index is 0.00000600. The van der Waals surface area contributed by atoms with Crippen LogP contribution < -0.4 is 9.64 Å². The number of halogens is 5. The summed E-state index contributed by atoms with van der Waals surface area (Å²) < 4.78 is 74.2. The number of nitrogens with zero attached hydrogens (tertiary/aromatic N) is 3. The van der Waals surface area contributed by atoms with Gasteiger partial charge < -0.3 is 19.8 Å². The number of anilines is 1.